The minimum absolute atomic E-state index is 0.146. The van der Waals surface area contributed by atoms with E-state index in [2.05, 4.69) is 0 Å². The van der Waals surface area contributed by atoms with Crippen LogP contribution in [0.1, 0.15) is 5.56 Å². The highest BCUT2D eigenvalue weighted by Crippen LogP contribution is 2.27. The third kappa shape index (κ3) is 4.24. The molecule has 1 heterocycles. The van der Waals surface area contributed by atoms with Crippen LogP contribution in [0.4, 0.5) is 0 Å². The highest BCUT2D eigenvalue weighted by molar-refractivity contribution is 6.35. The molecule has 0 aliphatic heterocycles. The number of hydrogen-bond acceptors (Lipinski definition) is 4. The summed E-state index contributed by atoms with van der Waals surface area (Å²) in [5.41, 5.74) is 1.94. The summed E-state index contributed by atoms with van der Waals surface area (Å²) >= 11 is 12.1. The van der Waals surface area contributed by atoms with Gasteiger partial charge < -0.3 is 13.9 Å². The Hall–Kier alpha value is -2.95. The second-order valence-corrected chi connectivity index (χ2v) is 7.23. The van der Waals surface area contributed by atoms with Gasteiger partial charge in [-0.1, -0.05) is 29.3 Å². The Morgan fingerprint density at radius 2 is 1.66 bits per heavy atom. The first-order valence-electron chi connectivity index (χ1n) is 8.82. The van der Waals surface area contributed by atoms with Gasteiger partial charge in [-0.05, 0) is 54.6 Å². The summed E-state index contributed by atoms with van der Waals surface area (Å²) in [6.45, 7) is 0.261. The quantitative estimate of drug-likeness (QED) is 0.372. The highest BCUT2D eigenvalue weighted by atomic mass is 35.5. The van der Waals surface area contributed by atoms with Crippen molar-refractivity contribution in [3.63, 3.8) is 0 Å². The van der Waals surface area contributed by atoms with Gasteiger partial charge in [0, 0.05) is 27.2 Å². The number of rotatable bonds is 5. The highest BCUT2D eigenvalue weighted by Gasteiger charge is 2.09. The maximum absolute atomic E-state index is 12.6. The molecule has 4 aromatic rings. The molecular formula is C23H16Cl2O4. The summed E-state index contributed by atoms with van der Waals surface area (Å²) in [6, 6.07) is 19.2. The van der Waals surface area contributed by atoms with Crippen LogP contribution in [0.5, 0.6) is 11.5 Å². The molecule has 0 saturated heterocycles. The van der Waals surface area contributed by atoms with Gasteiger partial charge in [0.2, 0.25) is 0 Å². The molecule has 29 heavy (non-hydrogen) atoms. The van der Waals surface area contributed by atoms with E-state index in [1.165, 1.54) is 6.07 Å². The summed E-state index contributed by atoms with van der Waals surface area (Å²) in [6.07, 6.45) is 0. The van der Waals surface area contributed by atoms with Crippen LogP contribution in [-0.2, 0) is 6.61 Å². The van der Waals surface area contributed by atoms with E-state index in [9.17, 15) is 4.79 Å². The van der Waals surface area contributed by atoms with Crippen molar-refractivity contribution in [3.8, 4) is 22.8 Å². The van der Waals surface area contributed by atoms with Crippen LogP contribution in [0.25, 0.3) is 22.3 Å². The molecule has 0 bridgehead atoms. The van der Waals surface area contributed by atoms with E-state index < -0.39 is 0 Å². The van der Waals surface area contributed by atoms with Crippen LogP contribution in [-0.4, -0.2) is 7.11 Å². The van der Waals surface area contributed by atoms with Gasteiger partial charge in [0.25, 0.3) is 0 Å². The van der Waals surface area contributed by atoms with Crippen molar-refractivity contribution < 1.29 is 13.9 Å². The second-order valence-electron chi connectivity index (χ2n) is 6.39. The third-order valence-corrected chi connectivity index (χ3v) is 5.07. The van der Waals surface area contributed by atoms with Gasteiger partial charge >= 0.3 is 0 Å². The molecule has 146 valence electrons. The second kappa shape index (κ2) is 8.19. The van der Waals surface area contributed by atoms with Crippen LogP contribution in [0.15, 0.2) is 75.9 Å². The predicted molar refractivity (Wildman–Crippen MR) is 115 cm³/mol. The van der Waals surface area contributed by atoms with Gasteiger partial charge in [0.05, 0.1) is 12.5 Å². The van der Waals surface area contributed by atoms with Crippen LogP contribution in [0, 0.1) is 0 Å². The Morgan fingerprint density at radius 1 is 0.897 bits per heavy atom. The summed E-state index contributed by atoms with van der Waals surface area (Å²) in [4.78, 5) is 12.6. The zero-order chi connectivity index (χ0) is 20.4. The molecule has 4 rings (SSSR count). The van der Waals surface area contributed by atoms with E-state index in [0.29, 0.717) is 32.5 Å². The maximum atomic E-state index is 12.6. The van der Waals surface area contributed by atoms with E-state index in [1.54, 1.807) is 43.5 Å². The van der Waals surface area contributed by atoms with Gasteiger partial charge in [0.1, 0.15) is 29.4 Å². The summed E-state index contributed by atoms with van der Waals surface area (Å²) < 4.78 is 16.9. The fourth-order valence-corrected chi connectivity index (χ4v) is 3.39. The van der Waals surface area contributed by atoms with E-state index in [-0.39, 0.29) is 12.0 Å². The molecule has 0 amide bonds. The lowest BCUT2D eigenvalue weighted by atomic mass is 10.1. The Kier molecular flexibility index (Phi) is 5.47. The van der Waals surface area contributed by atoms with Gasteiger partial charge in [-0.25, -0.2) is 0 Å². The number of methoxy groups -OCH3 is 1. The number of halogens is 2. The Balaban J connectivity index is 1.60. The lowest BCUT2D eigenvalue weighted by molar-refractivity contribution is 0.306. The zero-order valence-electron chi connectivity index (χ0n) is 15.4. The number of ether oxygens (including phenoxy) is 2. The monoisotopic (exact) mass is 426 g/mol. The van der Waals surface area contributed by atoms with Crippen molar-refractivity contribution in [2.24, 2.45) is 0 Å². The van der Waals surface area contributed by atoms with Crippen LogP contribution >= 0.6 is 23.2 Å². The van der Waals surface area contributed by atoms with Gasteiger partial charge in [0.15, 0.2) is 5.43 Å². The van der Waals surface area contributed by atoms with Gasteiger partial charge in [-0.3, -0.25) is 4.79 Å². The molecule has 0 spiro atoms. The van der Waals surface area contributed by atoms with E-state index in [0.717, 1.165) is 16.9 Å². The van der Waals surface area contributed by atoms with E-state index in [1.807, 2.05) is 24.3 Å². The minimum Gasteiger partial charge on any atom is -0.497 e. The van der Waals surface area contributed by atoms with Crippen molar-refractivity contribution in [2.75, 3.05) is 7.11 Å². The smallest absolute Gasteiger partial charge is 0.193 e. The molecule has 3 aromatic carbocycles. The summed E-state index contributed by atoms with van der Waals surface area (Å²) in [5.74, 6) is 1.78. The maximum Gasteiger partial charge on any atom is 0.193 e. The van der Waals surface area contributed by atoms with Crippen molar-refractivity contribution in [3.05, 3.63) is 92.6 Å². The normalized spacial score (nSPS) is 10.9. The lowest BCUT2D eigenvalue weighted by Crippen LogP contribution is -2.02. The van der Waals surface area contributed by atoms with Crippen molar-refractivity contribution in [2.45, 2.75) is 6.61 Å². The number of benzene rings is 3. The fourth-order valence-electron chi connectivity index (χ4n) is 2.92. The Bertz CT molecular complexity index is 1230. The average Bonchev–Trinajstić information content (AvgIpc) is 2.73. The number of fused-ring (bicyclic) bond motifs is 1. The van der Waals surface area contributed by atoms with Gasteiger partial charge in [-0.15, -0.1) is 0 Å². The first-order chi connectivity index (χ1) is 14.0. The van der Waals surface area contributed by atoms with Crippen molar-refractivity contribution >= 4 is 34.2 Å². The molecule has 0 N–H and O–H groups in total. The predicted octanol–water partition coefficient (Wildman–Crippen LogP) is 6.35. The summed E-state index contributed by atoms with van der Waals surface area (Å²) in [5, 5.41) is 1.54. The van der Waals surface area contributed by atoms with E-state index >= 15 is 0 Å². The molecule has 0 fully saturated rings. The molecule has 0 saturated carbocycles. The molecule has 6 heteroatoms. The topological polar surface area (TPSA) is 48.7 Å². The molecule has 0 radical (unpaired) electrons. The Morgan fingerprint density at radius 3 is 2.38 bits per heavy atom. The summed E-state index contributed by atoms with van der Waals surface area (Å²) in [7, 11) is 1.60. The Labute approximate surface area is 177 Å². The number of hydrogen-bond donors (Lipinski definition) is 0. The lowest BCUT2D eigenvalue weighted by Gasteiger charge is -2.09. The SMILES string of the molecule is COc1ccc(-c2cc(=O)c3cc(OCc4ccc(Cl)cc4Cl)ccc3o2)cc1. The minimum atomic E-state index is -0.146. The molecule has 0 atom stereocenters. The zero-order valence-corrected chi connectivity index (χ0v) is 17.0. The van der Waals surface area contributed by atoms with Crippen molar-refractivity contribution in [1.29, 1.82) is 0 Å². The largest absolute Gasteiger partial charge is 0.497 e. The molecular weight excluding hydrogens is 411 g/mol. The first-order valence-corrected chi connectivity index (χ1v) is 9.58. The molecule has 0 aliphatic carbocycles. The average molecular weight is 427 g/mol. The van der Waals surface area contributed by atoms with Crippen molar-refractivity contribution in [1.82, 2.24) is 0 Å². The molecule has 0 aliphatic rings. The standard InChI is InChI=1S/C23H16Cl2O4/c1-27-17-6-3-14(4-7-17)23-12-21(26)19-11-18(8-9-22(19)29-23)28-13-15-2-5-16(24)10-20(15)25/h2-12H,13H2,1H3. The molecule has 0 unspecified atom stereocenters. The molecule has 1 aromatic heterocycles. The van der Waals surface area contributed by atoms with Crippen LogP contribution in [0.3, 0.4) is 0 Å². The molecule has 4 nitrogen and oxygen atoms in total. The van der Waals surface area contributed by atoms with Gasteiger partial charge in [-0.2, -0.15) is 0 Å². The fraction of sp³-hybridized carbons (Fsp3) is 0.0870. The van der Waals surface area contributed by atoms with E-state index in [4.69, 9.17) is 37.1 Å². The van der Waals surface area contributed by atoms with Crippen LogP contribution in [0.2, 0.25) is 10.0 Å². The third-order valence-electron chi connectivity index (χ3n) is 4.48. The first kappa shape index (κ1) is 19.4. The van der Waals surface area contributed by atoms with Crippen LogP contribution < -0.4 is 14.9 Å².